The summed E-state index contributed by atoms with van der Waals surface area (Å²) in [5, 5.41) is 5.61. The summed E-state index contributed by atoms with van der Waals surface area (Å²) in [6.07, 6.45) is 8.74. The Balaban J connectivity index is 1.87. The molecule has 0 spiro atoms. The first kappa shape index (κ1) is 12.9. The Hall–Kier alpha value is -0.550. The Morgan fingerprint density at radius 1 is 1.35 bits per heavy atom. The largest absolute Gasteiger partial charge is 0.304 e. The van der Waals surface area contributed by atoms with Crippen molar-refractivity contribution in [3.8, 4) is 0 Å². The fourth-order valence-electron chi connectivity index (χ4n) is 2.68. The van der Waals surface area contributed by atoms with E-state index in [-0.39, 0.29) is 22.6 Å². The Morgan fingerprint density at radius 3 is 2.59 bits per heavy atom. The molecule has 2 fully saturated rings. The molecule has 0 radical (unpaired) electrons. The molecule has 1 aliphatic carbocycles. The van der Waals surface area contributed by atoms with Crippen LogP contribution >= 0.6 is 11.8 Å². The highest BCUT2D eigenvalue weighted by Gasteiger charge is 2.35. The summed E-state index contributed by atoms with van der Waals surface area (Å²) in [6.45, 7) is 0.833. The number of hydrogen-bond donors (Lipinski definition) is 2. The molecule has 96 valence electrons. The lowest BCUT2D eigenvalue weighted by molar-refractivity contribution is -0.125. The summed E-state index contributed by atoms with van der Waals surface area (Å²) in [6, 6.07) is -0.312. The number of rotatable bonds is 4. The molecular formula is C12H20N2O2S. The molecule has 17 heavy (non-hydrogen) atoms. The highest BCUT2D eigenvalue weighted by molar-refractivity contribution is 8.00. The van der Waals surface area contributed by atoms with Crippen LogP contribution in [0.5, 0.6) is 0 Å². The van der Waals surface area contributed by atoms with Gasteiger partial charge in [0.1, 0.15) is 0 Å². The van der Waals surface area contributed by atoms with Gasteiger partial charge < -0.3 is 5.32 Å². The van der Waals surface area contributed by atoms with E-state index in [4.69, 9.17) is 0 Å². The van der Waals surface area contributed by atoms with Crippen LogP contribution in [0.3, 0.4) is 0 Å². The van der Waals surface area contributed by atoms with Gasteiger partial charge in [0.25, 0.3) is 0 Å². The second-order valence-corrected chi connectivity index (χ2v) is 6.27. The molecule has 0 aromatic heterocycles. The normalized spacial score (nSPS) is 28.2. The maximum absolute atomic E-state index is 11.4. The second kappa shape index (κ2) is 5.40. The van der Waals surface area contributed by atoms with E-state index < -0.39 is 0 Å². The van der Waals surface area contributed by atoms with Crippen molar-refractivity contribution in [3.63, 3.8) is 0 Å². The van der Waals surface area contributed by atoms with Crippen molar-refractivity contribution in [1.29, 1.82) is 0 Å². The molecule has 2 rings (SSSR count). The number of carbonyl (C=O) groups is 2. The Morgan fingerprint density at radius 2 is 2.06 bits per heavy atom. The van der Waals surface area contributed by atoms with Gasteiger partial charge in [0.05, 0.1) is 12.5 Å². The van der Waals surface area contributed by atoms with E-state index in [0.29, 0.717) is 6.42 Å². The fourth-order valence-corrected chi connectivity index (χ4v) is 3.60. The smallest absolute Gasteiger partial charge is 0.244 e. The molecule has 1 aliphatic heterocycles. The van der Waals surface area contributed by atoms with Gasteiger partial charge in [-0.3, -0.25) is 14.9 Å². The zero-order valence-corrected chi connectivity index (χ0v) is 11.1. The minimum Gasteiger partial charge on any atom is -0.304 e. The number of hydrogen-bond acceptors (Lipinski definition) is 4. The summed E-state index contributed by atoms with van der Waals surface area (Å²) in [7, 11) is 0. The van der Waals surface area contributed by atoms with Crippen molar-refractivity contribution in [1.82, 2.24) is 10.6 Å². The molecule has 2 aliphatic rings. The average Bonchev–Trinajstić information content (AvgIpc) is 2.67. The van der Waals surface area contributed by atoms with Crippen molar-refractivity contribution < 1.29 is 9.59 Å². The molecule has 1 saturated carbocycles. The van der Waals surface area contributed by atoms with Crippen molar-refractivity contribution in [2.45, 2.75) is 49.3 Å². The van der Waals surface area contributed by atoms with Crippen LogP contribution in [0.25, 0.3) is 0 Å². The first-order valence-corrected chi connectivity index (χ1v) is 7.50. The number of nitrogens with one attached hydrogen (secondary N) is 2. The molecule has 2 N–H and O–H groups in total. The molecule has 0 aromatic rings. The number of amides is 2. The first-order chi connectivity index (χ1) is 8.15. The molecule has 1 saturated heterocycles. The molecule has 0 bridgehead atoms. The van der Waals surface area contributed by atoms with Gasteiger partial charge in [-0.1, -0.05) is 19.3 Å². The molecule has 1 heterocycles. The lowest BCUT2D eigenvalue weighted by Gasteiger charge is -2.36. The molecular weight excluding hydrogens is 236 g/mol. The van der Waals surface area contributed by atoms with Gasteiger partial charge in [-0.05, 0) is 19.1 Å². The van der Waals surface area contributed by atoms with Crippen LogP contribution < -0.4 is 10.6 Å². The third kappa shape index (κ3) is 3.01. The summed E-state index contributed by atoms with van der Waals surface area (Å²) in [5.74, 6) is -0.323. The molecule has 4 nitrogen and oxygen atoms in total. The highest BCUT2D eigenvalue weighted by atomic mass is 32.2. The van der Waals surface area contributed by atoms with Gasteiger partial charge in [-0.15, -0.1) is 0 Å². The highest BCUT2D eigenvalue weighted by Crippen LogP contribution is 2.38. The zero-order valence-electron chi connectivity index (χ0n) is 10.3. The topological polar surface area (TPSA) is 58.2 Å². The van der Waals surface area contributed by atoms with E-state index in [1.54, 1.807) is 0 Å². The van der Waals surface area contributed by atoms with Crippen LogP contribution in [-0.4, -0.2) is 35.4 Å². The van der Waals surface area contributed by atoms with Crippen molar-refractivity contribution in [3.05, 3.63) is 0 Å². The second-order valence-electron chi connectivity index (χ2n) is 5.00. The number of imide groups is 1. The third-order valence-corrected chi connectivity index (χ3v) is 5.26. The lowest BCUT2D eigenvalue weighted by Crippen LogP contribution is -2.46. The molecule has 0 aromatic carbocycles. The van der Waals surface area contributed by atoms with E-state index in [1.807, 2.05) is 11.8 Å². The van der Waals surface area contributed by atoms with Crippen LogP contribution in [0.15, 0.2) is 0 Å². The van der Waals surface area contributed by atoms with Gasteiger partial charge in [-0.2, -0.15) is 11.8 Å². The summed E-state index contributed by atoms with van der Waals surface area (Å²) in [5.41, 5.74) is 0. The van der Waals surface area contributed by atoms with Gasteiger partial charge in [0, 0.05) is 11.3 Å². The van der Waals surface area contributed by atoms with Gasteiger partial charge in [-0.25, -0.2) is 0 Å². The summed E-state index contributed by atoms with van der Waals surface area (Å²) in [4.78, 5) is 22.5. The number of thioether (sulfide) groups is 1. The predicted octanol–water partition coefficient (Wildman–Crippen LogP) is 1.06. The SMILES string of the molecule is CSC1(CNC2CC(=O)NC2=O)CCCCC1. The van der Waals surface area contributed by atoms with E-state index in [1.165, 1.54) is 32.1 Å². The van der Waals surface area contributed by atoms with Gasteiger partial charge in [0.2, 0.25) is 11.8 Å². The monoisotopic (exact) mass is 256 g/mol. The minimum atomic E-state index is -0.312. The van der Waals surface area contributed by atoms with Crippen molar-refractivity contribution in [2.75, 3.05) is 12.8 Å². The van der Waals surface area contributed by atoms with E-state index >= 15 is 0 Å². The molecule has 5 heteroatoms. The summed E-state index contributed by atoms with van der Waals surface area (Å²) >= 11 is 1.90. The first-order valence-electron chi connectivity index (χ1n) is 6.27. The average molecular weight is 256 g/mol. The fraction of sp³-hybridized carbons (Fsp3) is 0.833. The van der Waals surface area contributed by atoms with Crippen LogP contribution in [-0.2, 0) is 9.59 Å². The summed E-state index contributed by atoms with van der Waals surface area (Å²) < 4.78 is 0.268. The van der Waals surface area contributed by atoms with Gasteiger partial charge >= 0.3 is 0 Å². The van der Waals surface area contributed by atoms with E-state index in [9.17, 15) is 9.59 Å². The Labute approximate surface area is 106 Å². The van der Waals surface area contributed by atoms with Crippen molar-refractivity contribution >= 4 is 23.6 Å². The van der Waals surface area contributed by atoms with E-state index in [0.717, 1.165) is 6.54 Å². The molecule has 1 unspecified atom stereocenters. The van der Waals surface area contributed by atoms with Crippen LogP contribution in [0.2, 0.25) is 0 Å². The Bertz CT molecular complexity index is 314. The van der Waals surface area contributed by atoms with Crippen molar-refractivity contribution in [2.24, 2.45) is 0 Å². The third-order valence-electron chi connectivity index (χ3n) is 3.84. The minimum absolute atomic E-state index is 0.158. The quantitative estimate of drug-likeness (QED) is 0.738. The standard InChI is InChI=1S/C12H20N2O2S/c1-17-12(5-3-2-4-6-12)8-13-9-7-10(15)14-11(9)16/h9,13H,2-8H2,1H3,(H,14,15,16). The Kier molecular flexibility index (Phi) is 4.09. The predicted molar refractivity (Wildman–Crippen MR) is 68.9 cm³/mol. The molecule has 2 amide bonds. The van der Waals surface area contributed by atoms with Crippen LogP contribution in [0.4, 0.5) is 0 Å². The number of carbonyl (C=O) groups excluding carboxylic acids is 2. The van der Waals surface area contributed by atoms with Gasteiger partial charge in [0.15, 0.2) is 0 Å². The maximum Gasteiger partial charge on any atom is 0.244 e. The lowest BCUT2D eigenvalue weighted by atomic mass is 9.88. The van der Waals surface area contributed by atoms with E-state index in [2.05, 4.69) is 16.9 Å². The zero-order chi connectivity index (χ0) is 12.3. The maximum atomic E-state index is 11.4. The molecule has 1 atom stereocenters. The van der Waals surface area contributed by atoms with Crippen LogP contribution in [0, 0.1) is 0 Å². The van der Waals surface area contributed by atoms with Crippen LogP contribution in [0.1, 0.15) is 38.5 Å².